The molecule has 33 heavy (non-hydrogen) atoms. The molecule has 172 valence electrons. The number of carbonyl (C=O) groups is 2. The molecule has 8 nitrogen and oxygen atoms in total. The zero-order chi connectivity index (χ0) is 23.8. The molecule has 2 aliphatic heterocycles. The number of thiophene rings is 1. The van der Waals surface area contributed by atoms with Gasteiger partial charge in [-0.1, -0.05) is 5.92 Å². The second-order valence-electron chi connectivity index (χ2n) is 9.10. The van der Waals surface area contributed by atoms with E-state index in [1.54, 1.807) is 58.5 Å². The minimum absolute atomic E-state index is 0.0992. The number of fused-ring (bicyclic) bond motifs is 1. The van der Waals surface area contributed by atoms with Crippen molar-refractivity contribution >= 4 is 29.3 Å². The fourth-order valence-corrected chi connectivity index (χ4v) is 5.17. The molecule has 2 aliphatic rings. The molecule has 4 rings (SSSR count). The van der Waals surface area contributed by atoms with Gasteiger partial charge in [-0.05, 0) is 50.8 Å². The Hall–Kier alpha value is -3.22. The Morgan fingerprint density at radius 2 is 2.12 bits per heavy atom. The molecular formula is C24H27N5O3S. The third-order valence-corrected chi connectivity index (χ3v) is 6.65. The van der Waals surface area contributed by atoms with Gasteiger partial charge < -0.3 is 10.1 Å². The first-order valence-corrected chi connectivity index (χ1v) is 11.6. The molecule has 2 atom stereocenters. The number of ether oxygens (including phenoxy) is 1. The number of aromatic nitrogens is 1. The number of guanidine groups is 1. The van der Waals surface area contributed by atoms with Gasteiger partial charge in [0.1, 0.15) is 11.1 Å². The van der Waals surface area contributed by atoms with Crippen LogP contribution in [0.4, 0.5) is 4.79 Å². The lowest BCUT2D eigenvalue weighted by atomic mass is 9.83. The number of nitrogens with one attached hydrogen (secondary N) is 2. The van der Waals surface area contributed by atoms with E-state index in [0.29, 0.717) is 13.1 Å². The summed E-state index contributed by atoms with van der Waals surface area (Å²) in [6.45, 7) is 8.15. The SMILES string of the molecule is CC#Cc1cncc(-c2csc([C@]34CNC[C@H]3C(=O)N(C)C(NC(=O)OC(C)(C)C)=N4)c2)c1. The highest BCUT2D eigenvalue weighted by molar-refractivity contribution is 7.10. The van der Waals surface area contributed by atoms with Crippen molar-refractivity contribution in [3.05, 3.63) is 40.3 Å². The quantitative estimate of drug-likeness (QED) is 0.665. The van der Waals surface area contributed by atoms with Crippen LogP contribution in [0.1, 0.15) is 38.1 Å². The molecule has 0 aromatic carbocycles. The van der Waals surface area contributed by atoms with Crippen LogP contribution in [-0.4, -0.2) is 53.6 Å². The van der Waals surface area contributed by atoms with Gasteiger partial charge in [-0.3, -0.25) is 20.0 Å². The van der Waals surface area contributed by atoms with Gasteiger partial charge in [0.15, 0.2) is 0 Å². The predicted molar refractivity (Wildman–Crippen MR) is 128 cm³/mol. The van der Waals surface area contributed by atoms with Crippen LogP contribution in [-0.2, 0) is 15.1 Å². The minimum atomic E-state index is -0.800. The first-order valence-electron chi connectivity index (χ1n) is 10.7. The number of hydrogen-bond acceptors (Lipinski definition) is 7. The molecule has 2 N–H and O–H groups in total. The topological polar surface area (TPSA) is 95.9 Å². The number of nitrogens with zero attached hydrogens (tertiary/aromatic N) is 3. The van der Waals surface area contributed by atoms with E-state index < -0.39 is 17.2 Å². The zero-order valence-corrected chi connectivity index (χ0v) is 20.2. The highest BCUT2D eigenvalue weighted by Gasteiger charge is 2.54. The van der Waals surface area contributed by atoms with Crippen LogP contribution in [0.25, 0.3) is 11.1 Å². The van der Waals surface area contributed by atoms with Crippen LogP contribution in [0.3, 0.4) is 0 Å². The van der Waals surface area contributed by atoms with Crippen molar-refractivity contribution in [2.75, 3.05) is 20.1 Å². The Labute approximate surface area is 197 Å². The average Bonchev–Trinajstić information content (AvgIpc) is 3.39. The van der Waals surface area contributed by atoms with Gasteiger partial charge in [-0.15, -0.1) is 17.3 Å². The number of alkyl carbamates (subject to hydrolysis) is 1. The van der Waals surface area contributed by atoms with Gasteiger partial charge in [0.25, 0.3) is 0 Å². The second kappa shape index (κ2) is 8.61. The summed E-state index contributed by atoms with van der Waals surface area (Å²) >= 11 is 1.55. The summed E-state index contributed by atoms with van der Waals surface area (Å²) in [5.74, 6) is 5.64. The van der Waals surface area contributed by atoms with Crippen molar-refractivity contribution in [2.24, 2.45) is 10.9 Å². The summed E-state index contributed by atoms with van der Waals surface area (Å²) in [7, 11) is 1.62. The second-order valence-corrected chi connectivity index (χ2v) is 10.0. The molecule has 2 amide bonds. The molecule has 2 aromatic heterocycles. The van der Waals surface area contributed by atoms with Gasteiger partial charge in [0, 0.05) is 48.5 Å². The fraction of sp³-hybridized carbons (Fsp3) is 0.417. The standard InChI is InChI=1S/C24H27N5O3S/c1-6-7-15-8-16(11-25-10-15)17-9-19(33-13-17)24-14-26-12-18(24)20(30)29(5)21(28-24)27-22(31)32-23(2,3)4/h8-11,13,18,26H,12,14H2,1-5H3,(H,27,28,31)/t18-,24-/m0/s1. The highest BCUT2D eigenvalue weighted by atomic mass is 32.1. The number of amides is 2. The lowest BCUT2D eigenvalue weighted by molar-refractivity contribution is -0.132. The van der Waals surface area contributed by atoms with E-state index in [1.807, 2.05) is 11.4 Å². The van der Waals surface area contributed by atoms with E-state index in [4.69, 9.17) is 9.73 Å². The normalized spacial score (nSPS) is 22.2. The van der Waals surface area contributed by atoms with Crippen molar-refractivity contribution in [3.8, 4) is 23.0 Å². The molecule has 0 radical (unpaired) electrons. The van der Waals surface area contributed by atoms with Crippen LogP contribution >= 0.6 is 11.3 Å². The Morgan fingerprint density at radius 3 is 2.85 bits per heavy atom. The monoisotopic (exact) mass is 465 g/mol. The number of pyridine rings is 1. The van der Waals surface area contributed by atoms with E-state index in [2.05, 4.69) is 33.5 Å². The summed E-state index contributed by atoms with van der Waals surface area (Å²) < 4.78 is 5.37. The Bertz CT molecular complexity index is 1190. The third kappa shape index (κ3) is 4.49. The summed E-state index contributed by atoms with van der Waals surface area (Å²) in [6, 6.07) is 4.05. The molecule has 1 fully saturated rings. The first-order chi connectivity index (χ1) is 15.6. The van der Waals surface area contributed by atoms with Gasteiger partial charge in [-0.2, -0.15) is 0 Å². The van der Waals surface area contributed by atoms with E-state index in [0.717, 1.165) is 21.6 Å². The van der Waals surface area contributed by atoms with Crippen molar-refractivity contribution in [1.29, 1.82) is 0 Å². The van der Waals surface area contributed by atoms with Gasteiger partial charge in [0.2, 0.25) is 11.9 Å². The summed E-state index contributed by atoms with van der Waals surface area (Å²) in [6.07, 6.45) is 2.89. The largest absolute Gasteiger partial charge is 0.444 e. The van der Waals surface area contributed by atoms with Crippen molar-refractivity contribution in [3.63, 3.8) is 0 Å². The van der Waals surface area contributed by atoms with E-state index in [-0.39, 0.29) is 17.8 Å². The third-order valence-electron chi connectivity index (χ3n) is 5.55. The van der Waals surface area contributed by atoms with E-state index in [9.17, 15) is 9.59 Å². The molecule has 4 heterocycles. The summed E-state index contributed by atoms with van der Waals surface area (Å²) in [4.78, 5) is 37.2. The zero-order valence-electron chi connectivity index (χ0n) is 19.4. The Kier molecular flexibility index (Phi) is 5.99. The van der Waals surface area contributed by atoms with E-state index >= 15 is 0 Å². The van der Waals surface area contributed by atoms with Crippen LogP contribution in [0.15, 0.2) is 34.9 Å². The first kappa shape index (κ1) is 23.0. The molecule has 0 saturated carbocycles. The Morgan fingerprint density at radius 1 is 1.33 bits per heavy atom. The number of rotatable bonds is 2. The van der Waals surface area contributed by atoms with Gasteiger partial charge >= 0.3 is 6.09 Å². The molecule has 0 spiro atoms. The van der Waals surface area contributed by atoms with Crippen LogP contribution in [0.2, 0.25) is 0 Å². The average molecular weight is 466 g/mol. The van der Waals surface area contributed by atoms with Crippen LogP contribution in [0.5, 0.6) is 0 Å². The molecule has 1 saturated heterocycles. The molecule has 2 aromatic rings. The van der Waals surface area contributed by atoms with Crippen molar-refractivity contribution < 1.29 is 14.3 Å². The highest BCUT2D eigenvalue weighted by Crippen LogP contribution is 2.44. The van der Waals surface area contributed by atoms with Crippen LogP contribution in [0, 0.1) is 17.8 Å². The fourth-order valence-electron chi connectivity index (χ4n) is 4.06. The lowest BCUT2D eigenvalue weighted by Gasteiger charge is -2.38. The van der Waals surface area contributed by atoms with E-state index in [1.165, 1.54) is 4.90 Å². The van der Waals surface area contributed by atoms with Gasteiger partial charge in [0.05, 0.1) is 5.92 Å². The maximum atomic E-state index is 13.2. The van der Waals surface area contributed by atoms with Crippen molar-refractivity contribution in [2.45, 2.75) is 38.8 Å². The smallest absolute Gasteiger partial charge is 0.414 e. The predicted octanol–water partition coefficient (Wildman–Crippen LogP) is 2.95. The maximum Gasteiger partial charge on any atom is 0.414 e. The van der Waals surface area contributed by atoms with Crippen LogP contribution < -0.4 is 10.6 Å². The summed E-state index contributed by atoms with van der Waals surface area (Å²) in [5.41, 5.74) is 1.32. The molecular weight excluding hydrogens is 438 g/mol. The number of aliphatic imine (C=N–C) groups is 1. The molecule has 0 aliphatic carbocycles. The number of hydrogen-bond donors (Lipinski definition) is 2. The summed E-state index contributed by atoms with van der Waals surface area (Å²) in [5, 5.41) is 8.03. The number of carbonyl (C=O) groups excluding carboxylic acids is 2. The maximum absolute atomic E-state index is 13.2. The van der Waals surface area contributed by atoms with Crippen molar-refractivity contribution in [1.82, 2.24) is 20.5 Å². The molecule has 0 bridgehead atoms. The Balaban J connectivity index is 1.71. The lowest BCUT2D eigenvalue weighted by Crippen LogP contribution is -2.56. The minimum Gasteiger partial charge on any atom is -0.444 e. The molecule has 0 unspecified atom stereocenters. The van der Waals surface area contributed by atoms with Gasteiger partial charge in [-0.25, -0.2) is 9.79 Å². The molecule has 9 heteroatoms.